The number of ether oxygens (including phenoxy) is 1. The molecule has 1 aromatic carbocycles. The lowest BCUT2D eigenvalue weighted by molar-refractivity contribution is -0.119. The van der Waals surface area contributed by atoms with Crippen molar-refractivity contribution in [3.05, 3.63) is 42.2 Å². The molecule has 0 spiro atoms. The number of carbonyl (C=O) groups is 1. The van der Waals surface area contributed by atoms with Crippen LogP contribution in [0.5, 0.6) is 0 Å². The molecule has 4 rings (SSSR count). The Morgan fingerprint density at radius 1 is 1.35 bits per heavy atom. The highest BCUT2D eigenvalue weighted by molar-refractivity contribution is 7.13. The van der Waals surface area contributed by atoms with E-state index in [4.69, 9.17) is 4.74 Å². The van der Waals surface area contributed by atoms with Crippen LogP contribution in [0.3, 0.4) is 0 Å². The minimum Gasteiger partial charge on any atom is -0.376 e. The van der Waals surface area contributed by atoms with Gasteiger partial charge in [-0.05, 0) is 30.0 Å². The van der Waals surface area contributed by atoms with Crippen molar-refractivity contribution in [1.29, 1.82) is 0 Å². The van der Waals surface area contributed by atoms with E-state index in [1.54, 1.807) is 17.5 Å². The van der Waals surface area contributed by atoms with Crippen molar-refractivity contribution < 1.29 is 9.53 Å². The van der Waals surface area contributed by atoms with Crippen LogP contribution in [0.25, 0.3) is 21.2 Å². The Balaban J connectivity index is 1.48. The summed E-state index contributed by atoms with van der Waals surface area (Å²) >= 11 is 1.61. The first kappa shape index (κ1) is 17.1. The van der Waals surface area contributed by atoms with Gasteiger partial charge in [0, 0.05) is 30.9 Å². The highest BCUT2D eigenvalue weighted by Gasteiger charge is 2.19. The molecule has 1 aliphatic rings. The zero-order chi connectivity index (χ0) is 17.9. The number of thiazole rings is 1. The van der Waals surface area contributed by atoms with Crippen LogP contribution in [-0.2, 0) is 9.53 Å². The van der Waals surface area contributed by atoms with Gasteiger partial charge in [0.15, 0.2) is 0 Å². The van der Waals surface area contributed by atoms with Gasteiger partial charge in [-0.1, -0.05) is 12.1 Å². The van der Waals surface area contributed by atoms with Gasteiger partial charge in [0.2, 0.25) is 5.91 Å². The van der Waals surface area contributed by atoms with E-state index >= 15 is 0 Å². The number of nitrogens with one attached hydrogen (secondary N) is 1. The van der Waals surface area contributed by atoms with Gasteiger partial charge in [-0.3, -0.25) is 14.7 Å². The molecule has 1 amide bonds. The largest absolute Gasteiger partial charge is 0.376 e. The summed E-state index contributed by atoms with van der Waals surface area (Å²) in [4.78, 5) is 24.1. The average Bonchev–Trinajstić information content (AvgIpc) is 3.15. The monoisotopic (exact) mass is 368 g/mol. The first-order chi connectivity index (χ1) is 12.7. The molecule has 0 bridgehead atoms. The number of carbonyl (C=O) groups excluding carboxylic acids is 1. The lowest BCUT2D eigenvalue weighted by atomic mass is 10.1. The number of morpholine rings is 1. The van der Waals surface area contributed by atoms with Crippen LogP contribution in [0.4, 0.5) is 5.82 Å². The Hall–Kier alpha value is -2.35. The average molecular weight is 368 g/mol. The van der Waals surface area contributed by atoms with Crippen molar-refractivity contribution in [3.8, 4) is 10.4 Å². The molecule has 1 fully saturated rings. The topological polar surface area (TPSA) is 67.4 Å². The first-order valence-electron chi connectivity index (χ1n) is 8.60. The summed E-state index contributed by atoms with van der Waals surface area (Å²) < 4.78 is 5.51. The predicted molar refractivity (Wildman–Crippen MR) is 103 cm³/mol. The maximum Gasteiger partial charge on any atom is 0.239 e. The second-order valence-corrected chi connectivity index (χ2v) is 7.35. The highest BCUT2D eigenvalue weighted by atomic mass is 32.1. The fraction of sp³-hybridized carbons (Fsp3) is 0.316. The summed E-state index contributed by atoms with van der Waals surface area (Å²) in [5, 5.41) is 4.99. The number of fused-ring (bicyclic) bond motifs is 1. The van der Waals surface area contributed by atoms with Crippen LogP contribution in [0.2, 0.25) is 0 Å². The van der Waals surface area contributed by atoms with Gasteiger partial charge in [0.05, 0.1) is 29.6 Å². The van der Waals surface area contributed by atoms with Gasteiger partial charge < -0.3 is 10.1 Å². The highest BCUT2D eigenvalue weighted by Crippen LogP contribution is 2.27. The molecule has 134 valence electrons. The van der Waals surface area contributed by atoms with Crippen molar-refractivity contribution in [1.82, 2.24) is 14.9 Å². The summed E-state index contributed by atoms with van der Waals surface area (Å²) in [5.74, 6) is 0.523. The SMILES string of the molecule is CC1CN(CC(=O)Nc2cc3cc(-c4cncs4)ccc3cn2)CCO1. The van der Waals surface area contributed by atoms with Crippen LogP contribution >= 0.6 is 11.3 Å². The molecule has 1 N–H and O–H groups in total. The van der Waals surface area contributed by atoms with Gasteiger partial charge in [-0.25, -0.2) is 4.98 Å². The molecule has 1 unspecified atom stereocenters. The van der Waals surface area contributed by atoms with Crippen molar-refractivity contribution in [2.45, 2.75) is 13.0 Å². The molecule has 0 saturated carbocycles. The molecule has 0 aliphatic carbocycles. The Kier molecular flexibility index (Phi) is 4.92. The first-order valence-corrected chi connectivity index (χ1v) is 9.48. The molecular weight excluding hydrogens is 348 g/mol. The number of aromatic nitrogens is 2. The van der Waals surface area contributed by atoms with E-state index in [0.29, 0.717) is 19.0 Å². The Morgan fingerprint density at radius 3 is 3.08 bits per heavy atom. The summed E-state index contributed by atoms with van der Waals surface area (Å²) in [6, 6.07) is 8.12. The summed E-state index contributed by atoms with van der Waals surface area (Å²) in [6.07, 6.45) is 3.82. The van der Waals surface area contributed by atoms with Gasteiger partial charge in [0.25, 0.3) is 0 Å². The van der Waals surface area contributed by atoms with Gasteiger partial charge in [0.1, 0.15) is 5.82 Å². The van der Waals surface area contributed by atoms with Gasteiger partial charge in [-0.2, -0.15) is 0 Å². The van der Waals surface area contributed by atoms with Gasteiger partial charge in [-0.15, -0.1) is 11.3 Å². The summed E-state index contributed by atoms with van der Waals surface area (Å²) in [7, 11) is 0. The van der Waals surface area contributed by atoms with Crippen LogP contribution in [0.1, 0.15) is 6.92 Å². The van der Waals surface area contributed by atoms with Crippen molar-refractivity contribution in [2.24, 2.45) is 0 Å². The lowest BCUT2D eigenvalue weighted by Crippen LogP contribution is -2.44. The van der Waals surface area contributed by atoms with E-state index in [1.165, 1.54) is 0 Å². The number of rotatable bonds is 4. The molecule has 3 heterocycles. The zero-order valence-corrected chi connectivity index (χ0v) is 15.3. The second kappa shape index (κ2) is 7.49. The standard InChI is InChI=1S/C19H20N4O2S/c1-13-10-23(4-5-25-13)11-19(24)22-18-7-16-6-14(17-9-20-12-26-17)2-3-15(16)8-21-18/h2-3,6-9,12-13H,4-5,10-11H2,1H3,(H,21,22,24). The smallest absolute Gasteiger partial charge is 0.239 e. The molecule has 0 radical (unpaired) electrons. The van der Waals surface area contributed by atoms with E-state index in [9.17, 15) is 4.79 Å². The lowest BCUT2D eigenvalue weighted by Gasteiger charge is -2.30. The molecule has 1 saturated heterocycles. The van der Waals surface area contributed by atoms with E-state index in [-0.39, 0.29) is 12.0 Å². The number of nitrogens with zero attached hydrogens (tertiary/aromatic N) is 3. The Labute approximate surface area is 155 Å². The third-order valence-corrected chi connectivity index (χ3v) is 5.22. The molecule has 1 aliphatic heterocycles. The van der Waals surface area contributed by atoms with E-state index in [1.807, 2.05) is 30.8 Å². The van der Waals surface area contributed by atoms with Crippen LogP contribution in [0, 0.1) is 0 Å². The fourth-order valence-electron chi connectivity index (χ4n) is 3.14. The number of hydrogen-bond donors (Lipinski definition) is 1. The Bertz CT molecular complexity index is 913. The molecule has 1 atom stereocenters. The quantitative estimate of drug-likeness (QED) is 0.767. The van der Waals surface area contributed by atoms with Crippen LogP contribution in [0.15, 0.2) is 42.2 Å². The third kappa shape index (κ3) is 3.90. The third-order valence-electron chi connectivity index (χ3n) is 4.40. The van der Waals surface area contributed by atoms with E-state index in [0.717, 1.165) is 34.3 Å². The number of pyridine rings is 1. The number of benzene rings is 1. The van der Waals surface area contributed by atoms with Crippen molar-refractivity contribution >= 4 is 33.8 Å². The number of anilines is 1. The fourth-order valence-corrected chi connectivity index (χ4v) is 3.76. The molecule has 3 aromatic rings. The second-order valence-electron chi connectivity index (χ2n) is 6.46. The molecule has 7 heteroatoms. The normalized spacial score (nSPS) is 18.1. The zero-order valence-electron chi connectivity index (χ0n) is 14.5. The predicted octanol–water partition coefficient (Wildman–Crippen LogP) is 3.02. The van der Waals surface area contributed by atoms with E-state index in [2.05, 4.69) is 32.3 Å². The molecule has 2 aromatic heterocycles. The number of hydrogen-bond acceptors (Lipinski definition) is 6. The van der Waals surface area contributed by atoms with E-state index < -0.39 is 0 Å². The van der Waals surface area contributed by atoms with Gasteiger partial charge >= 0.3 is 0 Å². The van der Waals surface area contributed by atoms with Crippen molar-refractivity contribution in [2.75, 3.05) is 31.6 Å². The summed E-state index contributed by atoms with van der Waals surface area (Å²) in [6.45, 7) is 4.60. The maximum atomic E-state index is 12.3. The van der Waals surface area contributed by atoms with Crippen molar-refractivity contribution in [3.63, 3.8) is 0 Å². The van der Waals surface area contributed by atoms with Crippen LogP contribution < -0.4 is 5.32 Å². The Morgan fingerprint density at radius 2 is 2.27 bits per heavy atom. The molecule has 26 heavy (non-hydrogen) atoms. The minimum absolute atomic E-state index is 0.0513. The van der Waals surface area contributed by atoms with Crippen LogP contribution in [-0.4, -0.2) is 53.1 Å². The molecular formula is C19H20N4O2S. The molecule has 6 nitrogen and oxygen atoms in total. The summed E-state index contributed by atoms with van der Waals surface area (Å²) in [5.41, 5.74) is 2.94. The number of amides is 1. The maximum absolute atomic E-state index is 12.3. The minimum atomic E-state index is -0.0513.